The number of imidazole rings is 1. The largest absolute Gasteiger partial charge is 0.493 e. The van der Waals surface area contributed by atoms with Crippen molar-refractivity contribution in [1.82, 2.24) is 9.97 Å². The molecule has 6 heteroatoms. The quantitative estimate of drug-likeness (QED) is 0.501. The summed E-state index contributed by atoms with van der Waals surface area (Å²) in [5.74, 6) is 1.16. The van der Waals surface area contributed by atoms with Crippen molar-refractivity contribution in [3.05, 3.63) is 40.2 Å². The number of benzene rings is 1. The van der Waals surface area contributed by atoms with Gasteiger partial charge in [-0.25, -0.2) is 4.98 Å². The third-order valence-corrected chi connectivity index (χ3v) is 2.39. The molecule has 1 heterocycles. The van der Waals surface area contributed by atoms with Crippen LogP contribution in [0.2, 0.25) is 0 Å². The van der Waals surface area contributed by atoms with E-state index in [2.05, 4.69) is 9.97 Å². The highest BCUT2D eigenvalue weighted by atomic mass is 16.6. The van der Waals surface area contributed by atoms with Crippen LogP contribution in [0.15, 0.2) is 24.3 Å². The van der Waals surface area contributed by atoms with Crippen LogP contribution in [-0.2, 0) is 4.74 Å². The number of fused-ring (bicyclic) bond motifs is 1. The van der Waals surface area contributed by atoms with E-state index in [-0.39, 0.29) is 5.69 Å². The van der Waals surface area contributed by atoms with E-state index in [4.69, 9.17) is 4.74 Å². The van der Waals surface area contributed by atoms with Gasteiger partial charge in [0, 0.05) is 12.1 Å². The third-order valence-electron chi connectivity index (χ3n) is 2.39. The first-order valence-electron chi connectivity index (χ1n) is 5.00. The molecule has 2 aromatic rings. The van der Waals surface area contributed by atoms with Crippen molar-refractivity contribution in [1.29, 1.82) is 0 Å². The van der Waals surface area contributed by atoms with Gasteiger partial charge in [0.25, 0.3) is 5.69 Å². The predicted octanol–water partition coefficient (Wildman–Crippen LogP) is 2.48. The topological polar surface area (TPSA) is 81.1 Å². The molecule has 1 aromatic carbocycles. The molecule has 0 aliphatic carbocycles. The summed E-state index contributed by atoms with van der Waals surface area (Å²) < 4.78 is 5.13. The highest BCUT2D eigenvalue weighted by Crippen LogP contribution is 2.21. The SMILES string of the molecule is C/C=C(\OC)c1nc2ccc([N+](=O)[O-])cc2[nH]1. The molecule has 0 saturated heterocycles. The Bertz CT molecular complexity index is 601. The minimum atomic E-state index is -0.438. The molecule has 0 aliphatic heterocycles. The number of nitrogens with zero attached hydrogens (tertiary/aromatic N) is 2. The molecule has 0 bridgehead atoms. The summed E-state index contributed by atoms with van der Waals surface area (Å²) in [5, 5.41) is 10.6. The number of allylic oxidation sites excluding steroid dienone is 1. The lowest BCUT2D eigenvalue weighted by Gasteiger charge is -1.99. The summed E-state index contributed by atoms with van der Waals surface area (Å²) in [6.45, 7) is 1.83. The number of aromatic amines is 1. The molecule has 1 aromatic heterocycles. The lowest BCUT2D eigenvalue weighted by Crippen LogP contribution is -1.88. The number of nitro groups is 1. The van der Waals surface area contributed by atoms with Gasteiger partial charge in [-0.2, -0.15) is 0 Å². The van der Waals surface area contributed by atoms with Crippen LogP contribution in [0.1, 0.15) is 12.7 Å². The average Bonchev–Trinajstić information content (AvgIpc) is 2.72. The Kier molecular flexibility index (Phi) is 2.78. The summed E-state index contributed by atoms with van der Waals surface area (Å²) in [4.78, 5) is 17.5. The number of H-pyrrole nitrogens is 1. The first-order valence-corrected chi connectivity index (χ1v) is 5.00. The summed E-state index contributed by atoms with van der Waals surface area (Å²) in [6.07, 6.45) is 1.77. The molecule has 6 nitrogen and oxygen atoms in total. The Balaban J connectivity index is 2.54. The number of non-ortho nitro benzene ring substituents is 1. The van der Waals surface area contributed by atoms with Crippen molar-refractivity contribution >= 4 is 22.5 Å². The van der Waals surface area contributed by atoms with E-state index >= 15 is 0 Å². The van der Waals surface area contributed by atoms with Gasteiger partial charge in [-0.1, -0.05) is 0 Å². The second-order valence-corrected chi connectivity index (χ2v) is 3.40. The maximum atomic E-state index is 10.6. The minimum Gasteiger partial charge on any atom is -0.493 e. The molecule has 0 saturated carbocycles. The smallest absolute Gasteiger partial charge is 0.271 e. The highest BCUT2D eigenvalue weighted by molar-refractivity contribution is 5.80. The fourth-order valence-electron chi connectivity index (χ4n) is 1.58. The summed E-state index contributed by atoms with van der Waals surface area (Å²) in [7, 11) is 1.55. The lowest BCUT2D eigenvalue weighted by atomic mass is 10.3. The number of aromatic nitrogens is 2. The second-order valence-electron chi connectivity index (χ2n) is 3.40. The summed E-state index contributed by atoms with van der Waals surface area (Å²) >= 11 is 0. The van der Waals surface area contributed by atoms with Gasteiger partial charge in [0.05, 0.1) is 23.1 Å². The monoisotopic (exact) mass is 233 g/mol. The summed E-state index contributed by atoms with van der Waals surface area (Å²) in [5.41, 5.74) is 1.32. The van der Waals surface area contributed by atoms with Crippen LogP contribution in [0, 0.1) is 10.1 Å². The molecular weight excluding hydrogens is 222 g/mol. The lowest BCUT2D eigenvalue weighted by molar-refractivity contribution is -0.384. The molecule has 2 rings (SSSR count). The Hall–Kier alpha value is -2.37. The van der Waals surface area contributed by atoms with Gasteiger partial charge in [0.2, 0.25) is 0 Å². The summed E-state index contributed by atoms with van der Waals surface area (Å²) in [6, 6.07) is 4.49. The Morgan fingerprint density at radius 2 is 2.35 bits per heavy atom. The molecule has 0 radical (unpaired) electrons. The zero-order valence-corrected chi connectivity index (χ0v) is 9.43. The second kappa shape index (κ2) is 4.25. The number of rotatable bonds is 3. The third kappa shape index (κ3) is 1.96. The number of nitro benzene ring substituents is 1. The van der Waals surface area contributed by atoms with E-state index in [1.165, 1.54) is 12.1 Å². The van der Waals surface area contributed by atoms with Crippen LogP contribution in [0.4, 0.5) is 5.69 Å². The number of ether oxygens (including phenoxy) is 1. The van der Waals surface area contributed by atoms with Crippen LogP contribution >= 0.6 is 0 Å². The molecule has 17 heavy (non-hydrogen) atoms. The normalized spacial score (nSPS) is 11.8. The Morgan fingerprint density at radius 3 is 2.94 bits per heavy atom. The Morgan fingerprint density at radius 1 is 1.59 bits per heavy atom. The van der Waals surface area contributed by atoms with Gasteiger partial charge in [-0.3, -0.25) is 10.1 Å². The van der Waals surface area contributed by atoms with E-state index < -0.39 is 4.92 Å². The Labute approximate surface area is 97.1 Å². The maximum absolute atomic E-state index is 10.6. The molecule has 88 valence electrons. The average molecular weight is 233 g/mol. The number of nitrogens with one attached hydrogen (secondary N) is 1. The van der Waals surface area contributed by atoms with Gasteiger partial charge < -0.3 is 9.72 Å². The van der Waals surface area contributed by atoms with E-state index in [1.807, 2.05) is 6.92 Å². The molecule has 0 unspecified atom stereocenters. The van der Waals surface area contributed by atoms with Gasteiger partial charge in [-0.15, -0.1) is 0 Å². The van der Waals surface area contributed by atoms with E-state index in [0.717, 1.165) is 0 Å². The molecule has 0 fully saturated rings. The molecule has 0 atom stereocenters. The van der Waals surface area contributed by atoms with Gasteiger partial charge >= 0.3 is 0 Å². The van der Waals surface area contributed by atoms with Crippen LogP contribution in [-0.4, -0.2) is 22.0 Å². The van der Waals surface area contributed by atoms with Crippen LogP contribution in [0.25, 0.3) is 16.8 Å². The highest BCUT2D eigenvalue weighted by Gasteiger charge is 2.11. The molecule has 1 N–H and O–H groups in total. The molecule has 0 aliphatic rings. The predicted molar refractivity (Wildman–Crippen MR) is 63.4 cm³/mol. The zero-order valence-electron chi connectivity index (χ0n) is 9.43. The number of methoxy groups -OCH3 is 1. The van der Waals surface area contributed by atoms with Crippen LogP contribution < -0.4 is 0 Å². The molecule has 0 spiro atoms. The number of hydrogen-bond donors (Lipinski definition) is 1. The first-order chi connectivity index (χ1) is 8.15. The van der Waals surface area contributed by atoms with E-state index in [9.17, 15) is 10.1 Å². The van der Waals surface area contributed by atoms with Crippen LogP contribution in [0.3, 0.4) is 0 Å². The molecular formula is C11H11N3O3. The maximum Gasteiger partial charge on any atom is 0.271 e. The minimum absolute atomic E-state index is 0.0344. The van der Waals surface area contributed by atoms with Gasteiger partial charge in [-0.05, 0) is 19.1 Å². The molecule has 0 amide bonds. The van der Waals surface area contributed by atoms with Crippen molar-refractivity contribution in [3.63, 3.8) is 0 Å². The van der Waals surface area contributed by atoms with E-state index in [1.54, 1.807) is 19.3 Å². The van der Waals surface area contributed by atoms with Crippen molar-refractivity contribution in [2.45, 2.75) is 6.92 Å². The van der Waals surface area contributed by atoms with Crippen molar-refractivity contribution in [3.8, 4) is 0 Å². The van der Waals surface area contributed by atoms with Crippen molar-refractivity contribution in [2.24, 2.45) is 0 Å². The standard InChI is InChI=1S/C11H11N3O3/c1-3-10(17-2)11-12-8-5-4-7(14(15)16)6-9(8)13-11/h3-6H,1-2H3,(H,12,13)/b10-3-. The van der Waals surface area contributed by atoms with Gasteiger partial charge in [0.1, 0.15) is 0 Å². The zero-order chi connectivity index (χ0) is 12.4. The number of hydrogen-bond acceptors (Lipinski definition) is 4. The van der Waals surface area contributed by atoms with Crippen LogP contribution in [0.5, 0.6) is 0 Å². The fourth-order valence-corrected chi connectivity index (χ4v) is 1.58. The first kappa shape index (κ1) is 11.1. The van der Waals surface area contributed by atoms with E-state index in [0.29, 0.717) is 22.6 Å². The van der Waals surface area contributed by atoms with Crippen molar-refractivity contribution in [2.75, 3.05) is 7.11 Å². The van der Waals surface area contributed by atoms with Gasteiger partial charge in [0.15, 0.2) is 11.6 Å². The fraction of sp³-hybridized carbons (Fsp3) is 0.182. The van der Waals surface area contributed by atoms with Crippen molar-refractivity contribution < 1.29 is 9.66 Å².